The smallest absolute Gasteiger partial charge is 0.272 e. The van der Waals surface area contributed by atoms with Gasteiger partial charge in [0.2, 0.25) is 0 Å². The molecule has 0 saturated heterocycles. The molecule has 0 radical (unpaired) electrons. The Bertz CT molecular complexity index is 1040. The van der Waals surface area contributed by atoms with E-state index < -0.39 is 17.6 Å². The molecule has 0 fully saturated rings. The van der Waals surface area contributed by atoms with Crippen LogP contribution in [0.4, 0.5) is 4.39 Å². The van der Waals surface area contributed by atoms with Crippen molar-refractivity contribution in [2.24, 2.45) is 0 Å². The molecule has 28 heavy (non-hydrogen) atoms. The molecule has 0 unspecified atom stereocenters. The molecule has 0 saturated carbocycles. The fourth-order valence-electron chi connectivity index (χ4n) is 2.97. The first-order chi connectivity index (χ1) is 13.5. The van der Waals surface area contributed by atoms with E-state index in [0.717, 1.165) is 22.6 Å². The highest BCUT2D eigenvalue weighted by atomic mass is 19.1. The van der Waals surface area contributed by atoms with E-state index in [1.54, 1.807) is 12.1 Å². The Labute approximate surface area is 162 Å². The largest absolute Gasteiger partial charge is 0.318 e. The molecule has 2 N–H and O–H groups in total. The van der Waals surface area contributed by atoms with Gasteiger partial charge < -0.3 is 4.57 Å². The second-order valence-corrected chi connectivity index (χ2v) is 6.25. The molecule has 5 nitrogen and oxygen atoms in total. The number of carbonyl (C=O) groups is 2. The highest BCUT2D eigenvalue weighted by Gasteiger charge is 2.11. The predicted molar refractivity (Wildman–Crippen MR) is 106 cm³/mol. The zero-order valence-corrected chi connectivity index (χ0v) is 15.6. The van der Waals surface area contributed by atoms with Gasteiger partial charge in [0.25, 0.3) is 11.8 Å². The van der Waals surface area contributed by atoms with Crippen LogP contribution in [-0.4, -0.2) is 16.4 Å². The summed E-state index contributed by atoms with van der Waals surface area (Å²) in [7, 11) is 0. The monoisotopic (exact) mass is 377 g/mol. The molecule has 1 heterocycles. The Balaban J connectivity index is 1.67. The number of hydrogen-bond donors (Lipinski definition) is 2. The van der Waals surface area contributed by atoms with Crippen molar-refractivity contribution >= 4 is 17.9 Å². The van der Waals surface area contributed by atoms with Crippen LogP contribution >= 0.6 is 0 Å². The lowest BCUT2D eigenvalue weighted by atomic mass is 10.2. The molecule has 0 aliphatic carbocycles. The zero-order chi connectivity index (χ0) is 20.1. The highest BCUT2D eigenvalue weighted by molar-refractivity contribution is 5.98. The van der Waals surface area contributed by atoms with Crippen LogP contribution in [0.3, 0.4) is 0 Å². The van der Waals surface area contributed by atoms with Crippen molar-refractivity contribution in [1.29, 1.82) is 0 Å². The van der Waals surface area contributed by atoms with Crippen LogP contribution in [0.5, 0.6) is 0 Å². The fourth-order valence-corrected chi connectivity index (χ4v) is 2.97. The lowest BCUT2D eigenvalue weighted by Gasteiger charge is -2.09. The van der Waals surface area contributed by atoms with Crippen LogP contribution in [0.25, 0.3) is 11.8 Å². The second-order valence-electron chi connectivity index (χ2n) is 6.25. The number of benzene rings is 2. The molecule has 2 aromatic carbocycles. The molecule has 0 atom stereocenters. The molecular weight excluding hydrogens is 357 g/mol. The van der Waals surface area contributed by atoms with E-state index in [2.05, 4.69) is 15.4 Å². The number of halogens is 1. The van der Waals surface area contributed by atoms with E-state index >= 15 is 0 Å². The molecular formula is C22H20FN3O2. The number of hydrazine groups is 1. The van der Waals surface area contributed by atoms with Gasteiger partial charge in [-0.2, -0.15) is 0 Å². The van der Waals surface area contributed by atoms with Crippen molar-refractivity contribution in [1.82, 2.24) is 15.4 Å². The summed E-state index contributed by atoms with van der Waals surface area (Å²) in [5.74, 6) is -1.89. The van der Waals surface area contributed by atoms with Crippen LogP contribution < -0.4 is 10.9 Å². The van der Waals surface area contributed by atoms with E-state index in [-0.39, 0.29) is 5.56 Å². The van der Waals surface area contributed by atoms with E-state index in [1.165, 1.54) is 24.3 Å². The lowest BCUT2D eigenvalue weighted by molar-refractivity contribution is -0.117. The van der Waals surface area contributed by atoms with Gasteiger partial charge in [0.05, 0.1) is 5.56 Å². The fraction of sp³-hybridized carbons (Fsp3) is 0.0909. The summed E-state index contributed by atoms with van der Waals surface area (Å²) in [6, 6.07) is 17.4. The van der Waals surface area contributed by atoms with E-state index in [1.807, 2.05) is 50.2 Å². The first-order valence-corrected chi connectivity index (χ1v) is 8.74. The quantitative estimate of drug-likeness (QED) is 0.538. The van der Waals surface area contributed by atoms with Gasteiger partial charge in [-0.25, -0.2) is 4.39 Å². The van der Waals surface area contributed by atoms with Gasteiger partial charge in [-0.05, 0) is 55.8 Å². The first kappa shape index (κ1) is 19.1. The van der Waals surface area contributed by atoms with Crippen LogP contribution in [0.1, 0.15) is 27.3 Å². The summed E-state index contributed by atoms with van der Waals surface area (Å²) in [6.45, 7) is 3.96. The molecule has 0 aliphatic heterocycles. The molecule has 1 aromatic heterocycles. The molecule has 0 spiro atoms. The van der Waals surface area contributed by atoms with Crippen LogP contribution in [0.2, 0.25) is 0 Å². The molecule has 142 valence electrons. The van der Waals surface area contributed by atoms with E-state index in [0.29, 0.717) is 0 Å². The molecule has 2 amide bonds. The number of rotatable bonds is 4. The topological polar surface area (TPSA) is 63.1 Å². The number of para-hydroxylation sites is 1. The summed E-state index contributed by atoms with van der Waals surface area (Å²) in [5.41, 5.74) is 8.26. The number of carbonyl (C=O) groups excluding carboxylic acids is 2. The summed E-state index contributed by atoms with van der Waals surface area (Å²) in [4.78, 5) is 23.9. The zero-order valence-electron chi connectivity index (χ0n) is 15.6. The Morgan fingerprint density at radius 2 is 1.64 bits per heavy atom. The number of nitrogens with zero attached hydrogens (tertiary/aromatic N) is 1. The van der Waals surface area contributed by atoms with Crippen molar-refractivity contribution in [2.45, 2.75) is 13.8 Å². The third-order valence-corrected chi connectivity index (χ3v) is 4.32. The van der Waals surface area contributed by atoms with Crippen LogP contribution in [0.15, 0.2) is 66.7 Å². The van der Waals surface area contributed by atoms with Gasteiger partial charge in [0, 0.05) is 23.2 Å². The third-order valence-electron chi connectivity index (χ3n) is 4.32. The third kappa shape index (κ3) is 4.17. The predicted octanol–water partition coefficient (Wildman–Crippen LogP) is 3.71. The summed E-state index contributed by atoms with van der Waals surface area (Å²) in [5, 5.41) is 0. The standard InChI is InChI=1S/C22H20FN3O2/c1-15-14-17(16(2)26(15)18-8-4-3-5-9-18)12-13-21(27)24-25-22(28)19-10-6-7-11-20(19)23/h3-14H,1-2H3,(H,24,27)(H,25,28)/b13-12+. The van der Waals surface area contributed by atoms with Crippen molar-refractivity contribution in [2.75, 3.05) is 0 Å². The van der Waals surface area contributed by atoms with Gasteiger partial charge >= 0.3 is 0 Å². The van der Waals surface area contributed by atoms with E-state index in [4.69, 9.17) is 0 Å². The van der Waals surface area contributed by atoms with Crippen LogP contribution in [-0.2, 0) is 4.79 Å². The first-order valence-electron chi connectivity index (χ1n) is 8.74. The summed E-state index contributed by atoms with van der Waals surface area (Å²) >= 11 is 0. The average molecular weight is 377 g/mol. The normalized spacial score (nSPS) is 10.8. The summed E-state index contributed by atoms with van der Waals surface area (Å²) < 4.78 is 15.7. The van der Waals surface area contributed by atoms with Gasteiger partial charge in [-0.15, -0.1) is 0 Å². The second kappa shape index (κ2) is 8.35. The van der Waals surface area contributed by atoms with Gasteiger partial charge in [-0.1, -0.05) is 30.3 Å². The van der Waals surface area contributed by atoms with E-state index in [9.17, 15) is 14.0 Å². The molecule has 0 bridgehead atoms. The van der Waals surface area contributed by atoms with Crippen molar-refractivity contribution < 1.29 is 14.0 Å². The Morgan fingerprint density at radius 3 is 2.36 bits per heavy atom. The maximum atomic E-state index is 13.6. The average Bonchev–Trinajstić information content (AvgIpc) is 2.98. The minimum atomic E-state index is -0.720. The SMILES string of the molecule is Cc1cc(/C=C/C(=O)NNC(=O)c2ccccc2F)c(C)n1-c1ccccc1. The molecule has 0 aliphatic rings. The van der Waals surface area contributed by atoms with Crippen molar-refractivity contribution in [3.63, 3.8) is 0 Å². The van der Waals surface area contributed by atoms with Gasteiger partial charge in [-0.3, -0.25) is 20.4 Å². The van der Waals surface area contributed by atoms with Crippen molar-refractivity contribution in [3.8, 4) is 5.69 Å². The number of aromatic nitrogens is 1. The number of nitrogens with one attached hydrogen (secondary N) is 2. The number of amides is 2. The van der Waals surface area contributed by atoms with Crippen molar-refractivity contribution in [3.05, 3.63) is 95.1 Å². The summed E-state index contributed by atoms with van der Waals surface area (Å²) in [6.07, 6.45) is 2.99. The number of aryl methyl sites for hydroxylation is 1. The van der Waals surface area contributed by atoms with Crippen LogP contribution in [0, 0.1) is 19.7 Å². The molecule has 3 rings (SSSR count). The highest BCUT2D eigenvalue weighted by Crippen LogP contribution is 2.21. The Kier molecular flexibility index (Phi) is 5.69. The van der Waals surface area contributed by atoms with Gasteiger partial charge in [0.15, 0.2) is 0 Å². The lowest BCUT2D eigenvalue weighted by Crippen LogP contribution is -2.41. The van der Waals surface area contributed by atoms with Gasteiger partial charge in [0.1, 0.15) is 5.82 Å². The Hall–Kier alpha value is -3.67. The number of hydrogen-bond acceptors (Lipinski definition) is 2. The maximum absolute atomic E-state index is 13.6. The molecule has 6 heteroatoms. The molecule has 3 aromatic rings. The maximum Gasteiger partial charge on any atom is 0.272 e. The Morgan fingerprint density at radius 1 is 0.964 bits per heavy atom. The minimum absolute atomic E-state index is 0.141. The minimum Gasteiger partial charge on any atom is -0.318 e.